The molecule has 6 N–H and O–H groups in total. The molecule has 0 aliphatic heterocycles. The molecule has 0 amide bonds. The van der Waals surface area contributed by atoms with E-state index in [4.69, 9.17) is 15.3 Å². The van der Waals surface area contributed by atoms with E-state index >= 15 is 0 Å². The Kier molecular flexibility index (Phi) is 5.77. The van der Waals surface area contributed by atoms with Gasteiger partial charge in [0.2, 0.25) is 5.90 Å². The molecule has 0 aliphatic carbocycles. The zero-order valence-corrected chi connectivity index (χ0v) is 10.5. The van der Waals surface area contributed by atoms with Crippen LogP contribution in [0.2, 0.25) is 0 Å². The minimum absolute atomic E-state index is 0.0417. The fraction of sp³-hybridized carbons (Fsp3) is 0.364. The quantitative estimate of drug-likeness (QED) is 0.203. The minimum Gasteiger partial charge on any atom is -0.481 e. The molecule has 1 atom stereocenters. The topological polar surface area (TPSA) is 126 Å². The van der Waals surface area contributed by atoms with Crippen LogP contribution in [0.15, 0.2) is 18.2 Å². The summed E-state index contributed by atoms with van der Waals surface area (Å²) < 4.78 is 4.78. The Bertz CT molecular complexity index is 441. The van der Waals surface area contributed by atoms with Crippen LogP contribution in [0.1, 0.15) is 5.56 Å². The fourth-order valence-corrected chi connectivity index (χ4v) is 1.49. The first-order chi connectivity index (χ1) is 8.99. The first kappa shape index (κ1) is 15.5. The first-order valence-electron chi connectivity index (χ1n) is 5.65. The molecular weight excluding hydrogens is 251 g/mol. The lowest BCUT2D eigenvalue weighted by Gasteiger charge is -2.15. The van der Waals surface area contributed by atoms with E-state index in [0.29, 0.717) is 11.3 Å². The molecule has 0 heterocycles. The van der Waals surface area contributed by atoms with E-state index in [1.807, 2.05) is 0 Å². The Balaban J connectivity index is 2.98. The first-order valence-corrected chi connectivity index (χ1v) is 5.65. The Morgan fingerprint density at radius 2 is 2.16 bits per heavy atom. The highest BCUT2D eigenvalue weighted by Crippen LogP contribution is 2.10. The van der Waals surface area contributed by atoms with Gasteiger partial charge in [-0.05, 0) is 12.1 Å². The van der Waals surface area contributed by atoms with Crippen LogP contribution >= 0.6 is 0 Å². The second kappa shape index (κ2) is 7.10. The molecule has 1 rings (SSSR count). The third kappa shape index (κ3) is 4.21. The predicted molar refractivity (Wildman–Crippen MR) is 71.7 cm³/mol. The van der Waals surface area contributed by atoms with Gasteiger partial charge in [-0.25, -0.2) is 0 Å². The van der Waals surface area contributed by atoms with Crippen molar-refractivity contribution in [3.8, 4) is 0 Å². The van der Waals surface area contributed by atoms with Gasteiger partial charge in [0.15, 0.2) is 0 Å². The summed E-state index contributed by atoms with van der Waals surface area (Å²) in [7, 11) is -0.320. The predicted octanol–water partition coefficient (Wildman–Crippen LogP) is -1.90. The van der Waals surface area contributed by atoms with Gasteiger partial charge in [-0.3, -0.25) is 5.41 Å². The van der Waals surface area contributed by atoms with Crippen LogP contribution in [0, 0.1) is 5.41 Å². The van der Waals surface area contributed by atoms with Crippen molar-refractivity contribution in [1.29, 1.82) is 5.41 Å². The number of hydrogen-bond donors (Lipinski definition) is 6. The minimum atomic E-state index is -1.68. The van der Waals surface area contributed by atoms with E-state index < -0.39 is 19.8 Å². The third-order valence-corrected chi connectivity index (χ3v) is 2.54. The lowest BCUT2D eigenvalue weighted by atomic mass is 9.78. The Labute approximate surface area is 111 Å². The molecule has 0 fully saturated rings. The van der Waals surface area contributed by atoms with Gasteiger partial charge in [0.05, 0.1) is 19.8 Å². The molecule has 0 aromatic heterocycles. The molecule has 0 saturated heterocycles. The monoisotopic (exact) mass is 268 g/mol. The van der Waals surface area contributed by atoms with Crippen molar-refractivity contribution >= 4 is 24.2 Å². The van der Waals surface area contributed by atoms with E-state index in [1.165, 1.54) is 25.3 Å². The van der Waals surface area contributed by atoms with Crippen LogP contribution in [0.25, 0.3) is 0 Å². The van der Waals surface area contributed by atoms with E-state index in [2.05, 4.69) is 5.32 Å². The average Bonchev–Trinajstić information content (AvgIpc) is 2.43. The number of anilines is 1. The summed E-state index contributed by atoms with van der Waals surface area (Å²) in [4.78, 5) is 0. The van der Waals surface area contributed by atoms with E-state index in [1.54, 1.807) is 0 Å². The highest BCUT2D eigenvalue weighted by Gasteiger charge is 2.18. The molecule has 0 spiro atoms. The van der Waals surface area contributed by atoms with Gasteiger partial charge in [0, 0.05) is 23.3 Å². The van der Waals surface area contributed by atoms with Gasteiger partial charge in [0.25, 0.3) is 0 Å². The van der Waals surface area contributed by atoms with Crippen LogP contribution in [-0.4, -0.2) is 59.6 Å². The highest BCUT2D eigenvalue weighted by atomic mass is 16.5. The lowest BCUT2D eigenvalue weighted by molar-refractivity contribution is 0.105. The largest absolute Gasteiger partial charge is 0.490 e. The Morgan fingerprint density at radius 1 is 1.47 bits per heavy atom. The van der Waals surface area contributed by atoms with Crippen molar-refractivity contribution in [3.05, 3.63) is 23.8 Å². The molecule has 7 nitrogen and oxygen atoms in total. The number of hydrogen-bond acceptors (Lipinski definition) is 7. The van der Waals surface area contributed by atoms with Gasteiger partial charge < -0.3 is 30.3 Å². The van der Waals surface area contributed by atoms with Crippen molar-refractivity contribution in [2.24, 2.45) is 0 Å². The molecular formula is C11H17BN2O5. The molecule has 1 aromatic rings. The smallest absolute Gasteiger partial charge is 0.481 e. The van der Waals surface area contributed by atoms with Crippen LogP contribution < -0.4 is 10.8 Å². The summed E-state index contributed by atoms with van der Waals surface area (Å²) in [6, 6.07) is 4.47. The maximum Gasteiger partial charge on any atom is 0.490 e. The van der Waals surface area contributed by atoms with Crippen LogP contribution in [0.4, 0.5) is 5.69 Å². The molecule has 0 radical (unpaired) electrons. The summed E-state index contributed by atoms with van der Waals surface area (Å²) in [6.07, 6.45) is -0.964. The van der Waals surface area contributed by atoms with E-state index in [0.717, 1.165) is 0 Å². The Morgan fingerprint density at radius 3 is 2.68 bits per heavy atom. The molecule has 0 bridgehead atoms. The highest BCUT2D eigenvalue weighted by molar-refractivity contribution is 6.60. The second-order valence-electron chi connectivity index (χ2n) is 3.93. The molecule has 0 saturated carbocycles. The average molecular weight is 268 g/mol. The van der Waals surface area contributed by atoms with Gasteiger partial charge >= 0.3 is 7.12 Å². The molecule has 19 heavy (non-hydrogen) atoms. The summed E-state index contributed by atoms with van der Waals surface area (Å²) in [5.41, 5.74) is 1.01. The van der Waals surface area contributed by atoms with Crippen LogP contribution in [0.5, 0.6) is 0 Å². The summed E-state index contributed by atoms with van der Waals surface area (Å²) in [5.74, 6) is -0.0651. The number of aliphatic hydroxyl groups is 2. The van der Waals surface area contributed by atoms with Crippen molar-refractivity contribution in [2.45, 2.75) is 6.10 Å². The summed E-state index contributed by atoms with van der Waals surface area (Å²) in [5, 5.41) is 46.8. The molecule has 0 aliphatic rings. The number of ether oxygens (including phenoxy) is 1. The van der Waals surface area contributed by atoms with Crippen molar-refractivity contribution in [3.63, 3.8) is 0 Å². The summed E-state index contributed by atoms with van der Waals surface area (Å²) >= 11 is 0. The molecule has 1 aromatic carbocycles. The maximum atomic E-state index is 9.27. The number of aliphatic hydroxyl groups excluding tert-OH is 2. The Hall–Kier alpha value is -1.61. The summed E-state index contributed by atoms with van der Waals surface area (Å²) in [6.45, 7) is -0.364. The zero-order valence-electron chi connectivity index (χ0n) is 10.5. The number of nitrogens with one attached hydrogen (secondary N) is 2. The molecule has 8 heteroatoms. The van der Waals surface area contributed by atoms with Gasteiger partial charge in [-0.15, -0.1) is 0 Å². The van der Waals surface area contributed by atoms with Crippen molar-refractivity contribution in [2.75, 3.05) is 25.6 Å². The third-order valence-electron chi connectivity index (χ3n) is 2.54. The van der Waals surface area contributed by atoms with Crippen molar-refractivity contribution < 1.29 is 25.0 Å². The maximum absolute atomic E-state index is 9.27. The normalized spacial score (nSPS) is 11.8. The van der Waals surface area contributed by atoms with E-state index in [-0.39, 0.29) is 17.9 Å². The SMILES string of the molecule is COC(=N)c1ccc(B(O)O)c(NCC(O)CO)c1. The second-order valence-corrected chi connectivity index (χ2v) is 3.93. The van der Waals surface area contributed by atoms with Gasteiger partial charge in [-0.1, -0.05) is 6.07 Å². The fourth-order valence-electron chi connectivity index (χ4n) is 1.49. The standard InChI is InChI=1S/C11H17BN2O5/c1-19-11(13)7-2-3-9(12(17)18)10(4-7)14-5-8(16)6-15/h2-4,8,13-18H,5-6H2,1H3. The number of rotatable bonds is 6. The van der Waals surface area contributed by atoms with Gasteiger partial charge in [-0.2, -0.15) is 0 Å². The van der Waals surface area contributed by atoms with Gasteiger partial charge in [0.1, 0.15) is 0 Å². The van der Waals surface area contributed by atoms with E-state index in [9.17, 15) is 15.2 Å². The number of methoxy groups -OCH3 is 1. The van der Waals surface area contributed by atoms with Crippen molar-refractivity contribution in [1.82, 2.24) is 0 Å². The number of benzene rings is 1. The zero-order chi connectivity index (χ0) is 14.4. The molecule has 1 unspecified atom stereocenters. The lowest BCUT2D eigenvalue weighted by Crippen LogP contribution is -2.34. The van der Waals surface area contributed by atoms with Crippen LogP contribution in [0.3, 0.4) is 0 Å². The molecule has 104 valence electrons. The van der Waals surface area contributed by atoms with Crippen LogP contribution in [-0.2, 0) is 4.74 Å².